The van der Waals surface area contributed by atoms with Gasteiger partial charge in [-0.25, -0.2) is 0 Å². The van der Waals surface area contributed by atoms with E-state index in [1.807, 2.05) is 0 Å². The fraction of sp³-hybridized carbons (Fsp3) is 1.00. The molecule has 1 aliphatic carbocycles. The lowest BCUT2D eigenvalue weighted by atomic mass is 9.80. The lowest BCUT2D eigenvalue weighted by Crippen LogP contribution is -2.12. The molecule has 0 amide bonds. The van der Waals surface area contributed by atoms with E-state index in [2.05, 4.69) is 13.8 Å². The Labute approximate surface area is 96.8 Å². The molecule has 1 unspecified atom stereocenters. The van der Waals surface area contributed by atoms with Crippen molar-refractivity contribution in [3.05, 3.63) is 0 Å². The fourth-order valence-electron chi connectivity index (χ4n) is 3.18. The second-order valence-electron chi connectivity index (χ2n) is 5.54. The summed E-state index contributed by atoms with van der Waals surface area (Å²) in [5.74, 6) is 2.14. The Morgan fingerprint density at radius 1 is 0.933 bits per heavy atom. The number of hydrogen-bond donors (Lipinski definition) is 0. The maximum Gasteiger partial charge on any atom is -0.0412 e. The predicted molar refractivity (Wildman–Crippen MR) is 69.1 cm³/mol. The van der Waals surface area contributed by atoms with Crippen molar-refractivity contribution in [3.8, 4) is 0 Å². The van der Waals surface area contributed by atoms with E-state index in [1.54, 1.807) is 6.42 Å². The van der Waals surface area contributed by atoms with E-state index in [-0.39, 0.29) is 0 Å². The molecule has 0 aromatic carbocycles. The third kappa shape index (κ3) is 5.58. The van der Waals surface area contributed by atoms with E-state index in [1.165, 1.54) is 64.2 Å². The van der Waals surface area contributed by atoms with Crippen molar-refractivity contribution in [3.63, 3.8) is 0 Å². The summed E-state index contributed by atoms with van der Waals surface area (Å²) in [7, 11) is 0. The van der Waals surface area contributed by atoms with Gasteiger partial charge in [-0.3, -0.25) is 0 Å². The van der Waals surface area contributed by atoms with Crippen LogP contribution in [0.15, 0.2) is 0 Å². The Bertz CT molecular complexity index is 133. The van der Waals surface area contributed by atoms with Crippen molar-refractivity contribution in [1.29, 1.82) is 0 Å². The summed E-state index contributed by atoms with van der Waals surface area (Å²) < 4.78 is 0. The third-order valence-corrected chi connectivity index (χ3v) is 4.05. The van der Waals surface area contributed by atoms with Gasteiger partial charge in [0.25, 0.3) is 0 Å². The van der Waals surface area contributed by atoms with Crippen molar-refractivity contribution >= 4 is 0 Å². The highest BCUT2D eigenvalue weighted by Crippen LogP contribution is 2.32. The highest BCUT2D eigenvalue weighted by Gasteiger charge is 2.17. The molecule has 15 heavy (non-hydrogen) atoms. The van der Waals surface area contributed by atoms with Gasteiger partial charge in [0.05, 0.1) is 0 Å². The van der Waals surface area contributed by atoms with Crippen molar-refractivity contribution < 1.29 is 0 Å². The van der Waals surface area contributed by atoms with Crippen LogP contribution in [0.2, 0.25) is 0 Å². The average Bonchev–Trinajstić information content (AvgIpc) is 2.28. The molecule has 0 spiro atoms. The Morgan fingerprint density at radius 2 is 1.67 bits per heavy atom. The highest BCUT2D eigenvalue weighted by atomic mass is 14.2. The van der Waals surface area contributed by atoms with Gasteiger partial charge < -0.3 is 0 Å². The van der Waals surface area contributed by atoms with Gasteiger partial charge in [-0.2, -0.15) is 0 Å². The molecule has 0 radical (unpaired) electrons. The van der Waals surface area contributed by atoms with Gasteiger partial charge in [0, 0.05) is 0 Å². The van der Waals surface area contributed by atoms with Gasteiger partial charge >= 0.3 is 0 Å². The summed E-state index contributed by atoms with van der Waals surface area (Å²) in [6.07, 6.45) is 16.4. The van der Waals surface area contributed by atoms with Gasteiger partial charge in [-0.1, -0.05) is 78.1 Å². The second kappa shape index (κ2) is 8.19. The molecule has 90 valence electrons. The van der Waals surface area contributed by atoms with E-state index >= 15 is 0 Å². The largest absolute Gasteiger partial charge is 0.0654 e. The van der Waals surface area contributed by atoms with Crippen LogP contribution in [0, 0.1) is 11.8 Å². The van der Waals surface area contributed by atoms with E-state index in [0.29, 0.717) is 0 Å². The lowest BCUT2D eigenvalue weighted by molar-refractivity contribution is 0.266. The molecular formula is C15H30. The minimum atomic E-state index is 1.05. The first-order valence-corrected chi connectivity index (χ1v) is 7.36. The van der Waals surface area contributed by atoms with Crippen LogP contribution in [0.3, 0.4) is 0 Å². The fourth-order valence-corrected chi connectivity index (χ4v) is 3.18. The molecule has 0 bridgehead atoms. The average molecular weight is 210 g/mol. The molecule has 0 heterocycles. The normalized spacial score (nSPS) is 20.4. The minimum absolute atomic E-state index is 1.05. The summed E-state index contributed by atoms with van der Waals surface area (Å²) in [4.78, 5) is 0. The van der Waals surface area contributed by atoms with Gasteiger partial charge in [0.1, 0.15) is 0 Å². The van der Waals surface area contributed by atoms with Crippen LogP contribution < -0.4 is 0 Å². The second-order valence-corrected chi connectivity index (χ2v) is 5.54. The first-order valence-electron chi connectivity index (χ1n) is 7.36. The number of hydrogen-bond acceptors (Lipinski definition) is 0. The molecule has 0 aliphatic heterocycles. The third-order valence-electron chi connectivity index (χ3n) is 4.05. The Balaban J connectivity index is 2.21. The molecule has 1 saturated carbocycles. The Kier molecular flexibility index (Phi) is 7.13. The predicted octanol–water partition coefficient (Wildman–Crippen LogP) is 5.56. The number of rotatable bonds is 7. The van der Waals surface area contributed by atoms with E-state index in [4.69, 9.17) is 0 Å². The molecule has 0 saturated heterocycles. The van der Waals surface area contributed by atoms with Gasteiger partial charge in [-0.05, 0) is 18.3 Å². The summed E-state index contributed by atoms with van der Waals surface area (Å²) in [6.45, 7) is 4.67. The Morgan fingerprint density at radius 3 is 2.27 bits per heavy atom. The van der Waals surface area contributed by atoms with Crippen molar-refractivity contribution in [2.24, 2.45) is 11.8 Å². The van der Waals surface area contributed by atoms with Crippen molar-refractivity contribution in [1.82, 2.24) is 0 Å². The summed E-state index contributed by atoms with van der Waals surface area (Å²) in [6, 6.07) is 0. The minimum Gasteiger partial charge on any atom is -0.0654 e. The standard InChI is InChI=1S/C15H30/c1-3-5-10-14(9-4-2)13-15-11-7-6-8-12-15/h14-15H,3-13H2,1-2H3. The zero-order valence-electron chi connectivity index (χ0n) is 10.9. The molecule has 0 nitrogen and oxygen atoms in total. The topological polar surface area (TPSA) is 0 Å². The van der Waals surface area contributed by atoms with Crippen LogP contribution in [0.1, 0.15) is 84.5 Å². The summed E-state index contributed by atoms with van der Waals surface area (Å²) in [5, 5.41) is 0. The molecule has 1 rings (SSSR count). The smallest absolute Gasteiger partial charge is 0.0412 e. The SMILES string of the molecule is CCCCC(CCC)CC1CCCCC1. The molecule has 1 fully saturated rings. The number of unbranched alkanes of at least 4 members (excludes halogenated alkanes) is 1. The lowest BCUT2D eigenvalue weighted by Gasteiger charge is -2.26. The monoisotopic (exact) mass is 210 g/mol. The molecule has 0 aromatic rings. The van der Waals surface area contributed by atoms with Gasteiger partial charge in [-0.15, -0.1) is 0 Å². The van der Waals surface area contributed by atoms with Crippen LogP contribution >= 0.6 is 0 Å². The quantitative estimate of drug-likeness (QED) is 0.516. The molecule has 1 atom stereocenters. The zero-order chi connectivity index (χ0) is 10.9. The zero-order valence-corrected chi connectivity index (χ0v) is 10.9. The van der Waals surface area contributed by atoms with E-state index in [0.717, 1.165) is 11.8 Å². The molecule has 0 N–H and O–H groups in total. The van der Waals surface area contributed by atoms with Crippen LogP contribution in [-0.2, 0) is 0 Å². The van der Waals surface area contributed by atoms with Gasteiger partial charge in [0.15, 0.2) is 0 Å². The first kappa shape index (κ1) is 13.1. The van der Waals surface area contributed by atoms with E-state index in [9.17, 15) is 0 Å². The summed E-state index contributed by atoms with van der Waals surface area (Å²) in [5.41, 5.74) is 0. The van der Waals surface area contributed by atoms with Crippen LogP contribution in [0.4, 0.5) is 0 Å². The molecule has 1 aliphatic rings. The first-order chi connectivity index (χ1) is 7.36. The Hall–Kier alpha value is 0. The molecular weight excluding hydrogens is 180 g/mol. The highest BCUT2D eigenvalue weighted by molar-refractivity contribution is 4.70. The molecule has 0 heteroatoms. The van der Waals surface area contributed by atoms with Crippen molar-refractivity contribution in [2.45, 2.75) is 84.5 Å². The van der Waals surface area contributed by atoms with Gasteiger partial charge in [0.2, 0.25) is 0 Å². The van der Waals surface area contributed by atoms with E-state index < -0.39 is 0 Å². The summed E-state index contributed by atoms with van der Waals surface area (Å²) >= 11 is 0. The van der Waals surface area contributed by atoms with Crippen molar-refractivity contribution in [2.75, 3.05) is 0 Å². The molecule has 0 aromatic heterocycles. The van der Waals surface area contributed by atoms with Crippen LogP contribution in [0.25, 0.3) is 0 Å². The van der Waals surface area contributed by atoms with Crippen LogP contribution in [0.5, 0.6) is 0 Å². The maximum absolute atomic E-state index is 2.35. The van der Waals surface area contributed by atoms with Crippen LogP contribution in [-0.4, -0.2) is 0 Å². The maximum atomic E-state index is 2.35.